The highest BCUT2D eigenvalue weighted by molar-refractivity contribution is 5.90. The van der Waals surface area contributed by atoms with E-state index in [1.807, 2.05) is 0 Å². The second kappa shape index (κ2) is 8.08. The van der Waals surface area contributed by atoms with Crippen molar-refractivity contribution in [2.75, 3.05) is 0 Å². The average Bonchev–Trinajstić information content (AvgIpc) is 2.64. The van der Waals surface area contributed by atoms with Gasteiger partial charge in [-0.15, -0.1) is 0 Å². The van der Waals surface area contributed by atoms with Crippen molar-refractivity contribution in [1.82, 2.24) is 0 Å². The molecule has 1 fully saturated rings. The number of ether oxygens (including phenoxy) is 2. The predicted molar refractivity (Wildman–Crippen MR) is 89.7 cm³/mol. The van der Waals surface area contributed by atoms with Gasteiger partial charge in [0.2, 0.25) is 0 Å². The topological polar surface area (TPSA) is 52.6 Å². The van der Waals surface area contributed by atoms with Crippen LogP contribution >= 0.6 is 0 Å². The smallest absolute Gasteiger partial charge is 0.341 e. The van der Waals surface area contributed by atoms with Gasteiger partial charge in [0.15, 0.2) is 0 Å². The van der Waals surface area contributed by atoms with E-state index in [0.29, 0.717) is 12.8 Å². The molecule has 0 spiro atoms. The maximum Gasteiger partial charge on any atom is 0.341 e. The first kappa shape index (κ1) is 18.0. The minimum Gasteiger partial charge on any atom is -0.455 e. The van der Waals surface area contributed by atoms with Crippen molar-refractivity contribution in [2.24, 2.45) is 0 Å². The van der Waals surface area contributed by atoms with E-state index in [0.717, 1.165) is 12.8 Å². The Labute approximate surface area is 149 Å². The molecule has 3 rings (SSSR count). The molecule has 0 unspecified atom stereocenters. The zero-order chi connectivity index (χ0) is 18.5. The maximum atomic E-state index is 13.7. The molecule has 136 valence electrons. The average molecular weight is 360 g/mol. The van der Waals surface area contributed by atoms with Gasteiger partial charge in [-0.05, 0) is 49.9 Å². The van der Waals surface area contributed by atoms with E-state index in [4.69, 9.17) is 9.47 Å². The summed E-state index contributed by atoms with van der Waals surface area (Å²) in [7, 11) is 0. The van der Waals surface area contributed by atoms with Crippen LogP contribution in [0.2, 0.25) is 0 Å². The summed E-state index contributed by atoms with van der Waals surface area (Å²) >= 11 is 0. The van der Waals surface area contributed by atoms with Crippen LogP contribution in [0.25, 0.3) is 0 Å². The van der Waals surface area contributed by atoms with Crippen molar-refractivity contribution < 1.29 is 27.8 Å². The van der Waals surface area contributed by atoms with Gasteiger partial charge < -0.3 is 9.47 Å². The molecule has 4 nitrogen and oxygen atoms in total. The Morgan fingerprint density at radius 2 is 1.12 bits per heavy atom. The van der Waals surface area contributed by atoms with Crippen LogP contribution in [0.1, 0.15) is 46.4 Å². The molecule has 2 aromatic carbocycles. The van der Waals surface area contributed by atoms with Gasteiger partial charge >= 0.3 is 11.9 Å². The number of benzene rings is 2. The van der Waals surface area contributed by atoms with Crippen molar-refractivity contribution in [2.45, 2.75) is 37.9 Å². The first-order valence-electron chi connectivity index (χ1n) is 8.47. The third kappa shape index (κ3) is 4.07. The van der Waals surface area contributed by atoms with Crippen molar-refractivity contribution in [3.8, 4) is 0 Å². The molecule has 0 bridgehead atoms. The number of halogens is 2. The molecule has 26 heavy (non-hydrogen) atoms. The second-order valence-electron chi connectivity index (χ2n) is 6.13. The summed E-state index contributed by atoms with van der Waals surface area (Å²) < 4.78 is 38.3. The summed E-state index contributed by atoms with van der Waals surface area (Å²) in [6, 6.07) is 11.0. The van der Waals surface area contributed by atoms with E-state index in [9.17, 15) is 18.4 Å². The van der Waals surface area contributed by atoms with E-state index in [2.05, 4.69) is 0 Å². The zero-order valence-corrected chi connectivity index (χ0v) is 14.0. The van der Waals surface area contributed by atoms with Crippen molar-refractivity contribution in [3.05, 3.63) is 71.3 Å². The lowest BCUT2D eigenvalue weighted by Gasteiger charge is -2.30. The largest absolute Gasteiger partial charge is 0.455 e. The number of hydrogen-bond donors (Lipinski definition) is 0. The van der Waals surface area contributed by atoms with Crippen LogP contribution < -0.4 is 0 Å². The second-order valence-corrected chi connectivity index (χ2v) is 6.13. The minimum atomic E-state index is -0.804. The van der Waals surface area contributed by atoms with Crippen LogP contribution in [0.3, 0.4) is 0 Å². The minimum absolute atomic E-state index is 0.169. The highest BCUT2D eigenvalue weighted by atomic mass is 19.1. The Hall–Kier alpha value is -2.76. The first-order valence-corrected chi connectivity index (χ1v) is 8.47. The molecule has 1 aliphatic carbocycles. The van der Waals surface area contributed by atoms with Gasteiger partial charge in [-0.3, -0.25) is 0 Å². The Bertz CT molecular complexity index is 738. The van der Waals surface area contributed by atoms with E-state index < -0.39 is 35.8 Å². The summed E-state index contributed by atoms with van der Waals surface area (Å²) in [4.78, 5) is 24.5. The lowest BCUT2D eigenvalue weighted by atomic mass is 9.94. The van der Waals surface area contributed by atoms with Crippen molar-refractivity contribution in [3.63, 3.8) is 0 Å². The quantitative estimate of drug-likeness (QED) is 0.764. The van der Waals surface area contributed by atoms with Gasteiger partial charge in [0.05, 0.1) is 11.1 Å². The number of rotatable bonds is 4. The molecule has 1 saturated carbocycles. The maximum absolute atomic E-state index is 13.7. The summed E-state index contributed by atoms with van der Waals surface area (Å²) in [6.07, 6.45) is 1.20. The fourth-order valence-corrected chi connectivity index (χ4v) is 2.99. The molecule has 0 saturated heterocycles. The summed E-state index contributed by atoms with van der Waals surface area (Å²) in [5.74, 6) is -2.95. The molecular formula is C20H18F2O4. The van der Waals surface area contributed by atoms with E-state index in [-0.39, 0.29) is 11.1 Å². The van der Waals surface area contributed by atoms with E-state index in [1.165, 1.54) is 48.5 Å². The molecule has 0 aromatic heterocycles. The molecule has 0 N–H and O–H groups in total. The van der Waals surface area contributed by atoms with Gasteiger partial charge in [0.25, 0.3) is 0 Å². The van der Waals surface area contributed by atoms with Crippen molar-refractivity contribution >= 4 is 11.9 Å². The summed E-state index contributed by atoms with van der Waals surface area (Å²) in [5, 5.41) is 0. The standard InChI is InChI=1S/C20H18F2O4/c21-15-9-3-1-7-13(15)19(23)25-17-11-5-6-12-18(17)26-20(24)14-8-2-4-10-16(14)22/h1-4,7-10,17-18H,5-6,11-12H2/t17-,18-/m1/s1. The number of carbonyl (C=O) groups excluding carboxylic acids is 2. The van der Waals surface area contributed by atoms with Crippen LogP contribution in [0.5, 0.6) is 0 Å². The third-order valence-electron chi connectivity index (χ3n) is 4.35. The highest BCUT2D eigenvalue weighted by Gasteiger charge is 2.33. The van der Waals surface area contributed by atoms with Crippen molar-refractivity contribution in [1.29, 1.82) is 0 Å². The van der Waals surface area contributed by atoms with Gasteiger partial charge in [0, 0.05) is 0 Å². The van der Waals surface area contributed by atoms with Gasteiger partial charge in [-0.25, -0.2) is 18.4 Å². The van der Waals surface area contributed by atoms with Crippen LogP contribution in [0, 0.1) is 11.6 Å². The van der Waals surface area contributed by atoms with Crippen LogP contribution in [-0.4, -0.2) is 24.1 Å². The van der Waals surface area contributed by atoms with Crippen LogP contribution in [0.15, 0.2) is 48.5 Å². The lowest BCUT2D eigenvalue weighted by molar-refractivity contribution is -0.0518. The Balaban J connectivity index is 1.70. The normalized spacial score (nSPS) is 19.6. The fraction of sp³-hybridized carbons (Fsp3) is 0.300. The molecule has 0 amide bonds. The van der Waals surface area contributed by atoms with Gasteiger partial charge in [-0.1, -0.05) is 24.3 Å². The Morgan fingerprint density at radius 1 is 0.731 bits per heavy atom. The van der Waals surface area contributed by atoms with E-state index >= 15 is 0 Å². The highest BCUT2D eigenvalue weighted by Crippen LogP contribution is 2.26. The first-order chi connectivity index (χ1) is 12.6. The molecular weight excluding hydrogens is 342 g/mol. The molecule has 2 aromatic rings. The zero-order valence-electron chi connectivity index (χ0n) is 14.0. The van der Waals surface area contributed by atoms with Gasteiger partial charge in [0.1, 0.15) is 23.8 Å². The third-order valence-corrected chi connectivity index (χ3v) is 4.35. The number of carbonyl (C=O) groups is 2. The van der Waals surface area contributed by atoms with Crippen LogP contribution in [0.4, 0.5) is 8.78 Å². The SMILES string of the molecule is O=C(O[C@@H]1CCCC[C@H]1OC(=O)c1ccccc1F)c1ccccc1F. The molecule has 0 heterocycles. The molecule has 0 aliphatic heterocycles. The molecule has 6 heteroatoms. The Morgan fingerprint density at radius 3 is 1.50 bits per heavy atom. The predicted octanol–water partition coefficient (Wildman–Crippen LogP) is 4.29. The van der Waals surface area contributed by atoms with E-state index in [1.54, 1.807) is 0 Å². The van der Waals surface area contributed by atoms with Crippen LogP contribution in [-0.2, 0) is 9.47 Å². The summed E-state index contributed by atoms with van der Waals surface area (Å²) in [6.45, 7) is 0. The molecule has 1 aliphatic rings. The van der Waals surface area contributed by atoms with Gasteiger partial charge in [-0.2, -0.15) is 0 Å². The Kier molecular flexibility index (Phi) is 5.61. The molecule has 2 atom stereocenters. The number of esters is 2. The molecule has 0 radical (unpaired) electrons. The monoisotopic (exact) mass is 360 g/mol. The fourth-order valence-electron chi connectivity index (χ4n) is 2.99. The summed E-state index contributed by atoms with van der Waals surface area (Å²) in [5.41, 5.74) is -0.338. The number of hydrogen-bond acceptors (Lipinski definition) is 4. The lowest BCUT2D eigenvalue weighted by Crippen LogP contribution is -2.38.